The molecule has 0 spiro atoms. The molecular formula is C24H18N2O3. The van der Waals surface area contributed by atoms with Crippen LogP contribution in [0.2, 0.25) is 0 Å². The molecule has 3 aromatic carbocycles. The minimum Gasteiger partial charge on any atom is -0.348 e. The average Bonchev–Trinajstić information content (AvgIpc) is 2.76. The molecule has 1 heterocycles. The number of carbonyl (C=O) groups is 3. The molecule has 5 heteroatoms. The fraction of sp³-hybridized carbons (Fsp3) is 0.0417. The molecule has 3 aromatic rings. The van der Waals surface area contributed by atoms with E-state index in [1.807, 2.05) is 60.7 Å². The molecule has 1 aliphatic rings. The zero-order valence-corrected chi connectivity index (χ0v) is 15.5. The molecule has 0 atom stereocenters. The number of hydrogen-bond donors (Lipinski definition) is 2. The molecule has 0 unspecified atom stereocenters. The zero-order chi connectivity index (χ0) is 20.2. The van der Waals surface area contributed by atoms with E-state index in [1.54, 1.807) is 18.2 Å². The molecule has 0 aliphatic carbocycles. The first kappa shape index (κ1) is 18.4. The lowest BCUT2D eigenvalue weighted by Crippen LogP contribution is -2.28. The summed E-state index contributed by atoms with van der Waals surface area (Å²) in [6, 6.07) is 23.4. The molecule has 0 radical (unpaired) electrons. The quantitative estimate of drug-likeness (QED) is 0.532. The van der Waals surface area contributed by atoms with Crippen molar-refractivity contribution in [3.05, 3.63) is 107 Å². The van der Waals surface area contributed by atoms with Crippen LogP contribution in [0.3, 0.4) is 0 Å². The molecule has 29 heavy (non-hydrogen) atoms. The molecule has 0 bridgehead atoms. The van der Waals surface area contributed by atoms with E-state index in [0.717, 1.165) is 11.1 Å². The number of rotatable bonds is 4. The van der Waals surface area contributed by atoms with E-state index in [-0.39, 0.29) is 11.5 Å². The van der Waals surface area contributed by atoms with Gasteiger partial charge in [0.15, 0.2) is 0 Å². The predicted octanol–water partition coefficient (Wildman–Crippen LogP) is 3.84. The van der Waals surface area contributed by atoms with Gasteiger partial charge in [-0.15, -0.1) is 0 Å². The Kier molecular flexibility index (Phi) is 5.03. The SMILES string of the molecule is O=C1Nc2ccc(C(=O)NCc3ccccc3)cc2C(=O)C1=Cc1ccccc1. The summed E-state index contributed by atoms with van der Waals surface area (Å²) in [6.07, 6.45) is 1.56. The second-order valence-corrected chi connectivity index (χ2v) is 6.68. The third-order valence-electron chi connectivity index (χ3n) is 4.67. The van der Waals surface area contributed by atoms with Crippen LogP contribution in [0.1, 0.15) is 31.8 Å². The summed E-state index contributed by atoms with van der Waals surface area (Å²) in [4.78, 5) is 37.8. The Hall–Kier alpha value is -3.99. The van der Waals surface area contributed by atoms with Gasteiger partial charge in [0.05, 0.1) is 11.3 Å². The van der Waals surface area contributed by atoms with Gasteiger partial charge in [0.1, 0.15) is 0 Å². The van der Waals surface area contributed by atoms with Gasteiger partial charge in [-0.1, -0.05) is 60.7 Å². The van der Waals surface area contributed by atoms with Gasteiger partial charge < -0.3 is 10.6 Å². The van der Waals surface area contributed by atoms with Crippen LogP contribution in [0.5, 0.6) is 0 Å². The van der Waals surface area contributed by atoms with Crippen molar-refractivity contribution in [3.63, 3.8) is 0 Å². The summed E-state index contributed by atoms with van der Waals surface area (Å²) in [5.41, 5.74) is 2.86. The second-order valence-electron chi connectivity index (χ2n) is 6.68. The molecule has 0 aromatic heterocycles. The highest BCUT2D eigenvalue weighted by molar-refractivity contribution is 6.36. The van der Waals surface area contributed by atoms with Crippen LogP contribution in [0, 0.1) is 0 Å². The van der Waals surface area contributed by atoms with Crippen LogP contribution in [0.4, 0.5) is 5.69 Å². The third-order valence-corrected chi connectivity index (χ3v) is 4.67. The van der Waals surface area contributed by atoms with Crippen molar-refractivity contribution in [1.82, 2.24) is 5.32 Å². The van der Waals surface area contributed by atoms with Gasteiger partial charge in [-0.05, 0) is 35.4 Å². The summed E-state index contributed by atoms with van der Waals surface area (Å²) in [7, 11) is 0. The molecule has 142 valence electrons. The number of fused-ring (bicyclic) bond motifs is 1. The maximum Gasteiger partial charge on any atom is 0.259 e. The van der Waals surface area contributed by atoms with Crippen molar-refractivity contribution >= 4 is 29.4 Å². The molecule has 5 nitrogen and oxygen atoms in total. The van der Waals surface area contributed by atoms with Crippen LogP contribution >= 0.6 is 0 Å². The maximum atomic E-state index is 12.9. The van der Waals surface area contributed by atoms with Crippen molar-refractivity contribution in [2.45, 2.75) is 6.54 Å². The van der Waals surface area contributed by atoms with E-state index in [2.05, 4.69) is 10.6 Å². The van der Waals surface area contributed by atoms with Gasteiger partial charge in [-0.2, -0.15) is 0 Å². The van der Waals surface area contributed by atoms with Crippen molar-refractivity contribution in [3.8, 4) is 0 Å². The molecule has 0 saturated heterocycles. The Labute approximate surface area is 168 Å². The molecule has 1 aliphatic heterocycles. The zero-order valence-electron chi connectivity index (χ0n) is 15.5. The summed E-state index contributed by atoms with van der Waals surface area (Å²) in [6.45, 7) is 0.389. The van der Waals surface area contributed by atoms with Crippen molar-refractivity contribution < 1.29 is 14.4 Å². The normalized spacial score (nSPS) is 14.3. The molecule has 2 amide bonds. The molecule has 2 N–H and O–H groups in total. The highest BCUT2D eigenvalue weighted by Gasteiger charge is 2.29. The minimum absolute atomic E-state index is 0.0468. The predicted molar refractivity (Wildman–Crippen MR) is 111 cm³/mol. The Morgan fingerprint density at radius 1 is 0.897 bits per heavy atom. The molecular weight excluding hydrogens is 364 g/mol. The highest BCUT2D eigenvalue weighted by atomic mass is 16.2. The number of anilines is 1. The molecule has 4 rings (SSSR count). The van der Waals surface area contributed by atoms with E-state index in [1.165, 1.54) is 6.07 Å². The average molecular weight is 382 g/mol. The summed E-state index contributed by atoms with van der Waals surface area (Å²) in [5.74, 6) is -1.13. The van der Waals surface area contributed by atoms with Crippen molar-refractivity contribution in [2.24, 2.45) is 0 Å². The van der Waals surface area contributed by atoms with E-state index in [0.29, 0.717) is 23.4 Å². The fourth-order valence-corrected chi connectivity index (χ4v) is 3.15. The number of carbonyl (C=O) groups excluding carboxylic acids is 3. The number of ketones is 1. The van der Waals surface area contributed by atoms with E-state index >= 15 is 0 Å². The molecule has 0 saturated carbocycles. The number of Topliss-reactive ketones (excluding diaryl/α,β-unsaturated/α-hetero) is 1. The topological polar surface area (TPSA) is 75.3 Å². The smallest absolute Gasteiger partial charge is 0.259 e. The van der Waals surface area contributed by atoms with E-state index < -0.39 is 11.7 Å². The van der Waals surface area contributed by atoms with Gasteiger partial charge in [0, 0.05) is 17.7 Å². The Balaban J connectivity index is 1.58. The summed E-state index contributed by atoms with van der Waals surface area (Å²) >= 11 is 0. The molecule has 0 fully saturated rings. The Morgan fingerprint density at radius 2 is 1.59 bits per heavy atom. The summed E-state index contributed by atoms with van der Waals surface area (Å²) < 4.78 is 0. The fourth-order valence-electron chi connectivity index (χ4n) is 3.15. The Bertz CT molecular complexity index is 1120. The Morgan fingerprint density at radius 3 is 2.31 bits per heavy atom. The van der Waals surface area contributed by atoms with Crippen LogP contribution in [0.25, 0.3) is 6.08 Å². The summed E-state index contributed by atoms with van der Waals surface area (Å²) in [5, 5.41) is 5.57. The van der Waals surface area contributed by atoms with Crippen LogP contribution in [0.15, 0.2) is 84.4 Å². The second kappa shape index (κ2) is 7.94. The van der Waals surface area contributed by atoms with Gasteiger partial charge in [-0.25, -0.2) is 0 Å². The lowest BCUT2D eigenvalue weighted by Gasteiger charge is -2.19. The number of hydrogen-bond acceptors (Lipinski definition) is 3. The van der Waals surface area contributed by atoms with E-state index in [4.69, 9.17) is 0 Å². The number of benzene rings is 3. The van der Waals surface area contributed by atoms with Gasteiger partial charge in [0.2, 0.25) is 5.78 Å². The first-order chi connectivity index (χ1) is 14.1. The lowest BCUT2D eigenvalue weighted by atomic mass is 9.93. The lowest BCUT2D eigenvalue weighted by molar-refractivity contribution is -0.112. The first-order valence-corrected chi connectivity index (χ1v) is 9.21. The standard InChI is InChI=1S/C24H18N2O3/c27-22-19-14-18(23(28)25-15-17-9-5-2-6-10-17)11-12-21(19)26-24(29)20(22)13-16-7-3-1-4-8-16/h1-14H,15H2,(H,25,28)(H,26,29). The van der Waals surface area contributed by atoms with Gasteiger partial charge in [0.25, 0.3) is 11.8 Å². The van der Waals surface area contributed by atoms with Crippen LogP contribution < -0.4 is 10.6 Å². The van der Waals surface area contributed by atoms with Crippen LogP contribution in [-0.4, -0.2) is 17.6 Å². The minimum atomic E-state index is -0.451. The third kappa shape index (κ3) is 3.99. The van der Waals surface area contributed by atoms with Gasteiger partial charge in [-0.3, -0.25) is 14.4 Å². The number of amides is 2. The van der Waals surface area contributed by atoms with Crippen molar-refractivity contribution in [1.29, 1.82) is 0 Å². The first-order valence-electron chi connectivity index (χ1n) is 9.21. The van der Waals surface area contributed by atoms with Crippen molar-refractivity contribution in [2.75, 3.05) is 5.32 Å². The number of nitrogens with one attached hydrogen (secondary N) is 2. The monoisotopic (exact) mass is 382 g/mol. The van der Waals surface area contributed by atoms with E-state index in [9.17, 15) is 14.4 Å². The van der Waals surface area contributed by atoms with Gasteiger partial charge >= 0.3 is 0 Å². The largest absolute Gasteiger partial charge is 0.348 e. The van der Waals surface area contributed by atoms with Crippen LogP contribution in [-0.2, 0) is 11.3 Å². The highest BCUT2D eigenvalue weighted by Crippen LogP contribution is 2.27. The maximum absolute atomic E-state index is 12.9.